The Balaban J connectivity index is 2.87. The molecule has 0 unspecified atom stereocenters. The van der Waals surface area contributed by atoms with Crippen LogP contribution in [0, 0.1) is 21.6 Å². The van der Waals surface area contributed by atoms with Gasteiger partial charge in [0.25, 0.3) is 0 Å². The Bertz CT molecular complexity index is 345. The molecule has 0 aromatic carbocycles. The maximum atomic E-state index is 11.0. The number of nitro groups is 1. The van der Waals surface area contributed by atoms with Crippen molar-refractivity contribution in [1.82, 2.24) is 10.6 Å². The molecular formula is C5H5N5O4. The molecule has 3 N–H and O–H groups in total. The Labute approximate surface area is 77.2 Å². The fraction of sp³-hybridized carbons (Fsp3) is 0.400. The van der Waals surface area contributed by atoms with Crippen molar-refractivity contribution in [2.75, 3.05) is 0 Å². The molecule has 9 heteroatoms. The van der Waals surface area contributed by atoms with E-state index in [0.29, 0.717) is 0 Å². The Morgan fingerprint density at radius 1 is 1.79 bits per heavy atom. The van der Waals surface area contributed by atoms with Crippen LogP contribution in [0.5, 0.6) is 0 Å². The smallest absolute Gasteiger partial charge is 0.335 e. The predicted octanol–water partition coefficient (Wildman–Crippen LogP) is -2.49. The number of rotatable bonds is 1. The third-order valence-corrected chi connectivity index (χ3v) is 1.46. The number of aliphatic hydroxyl groups excluding tert-OH is 1. The molecule has 1 rings (SSSR count). The third-order valence-electron chi connectivity index (χ3n) is 1.46. The molecule has 1 aliphatic heterocycles. The average Bonchev–Trinajstić information content (AvgIpc) is 2.01. The van der Waals surface area contributed by atoms with Crippen molar-refractivity contribution in [1.29, 1.82) is 5.26 Å². The Morgan fingerprint density at radius 2 is 2.43 bits per heavy atom. The van der Waals surface area contributed by atoms with Gasteiger partial charge in [-0.3, -0.25) is 25.5 Å². The summed E-state index contributed by atoms with van der Waals surface area (Å²) in [6.45, 7) is 0. The molecule has 0 bridgehead atoms. The van der Waals surface area contributed by atoms with E-state index in [-0.39, 0.29) is 5.96 Å². The summed E-state index contributed by atoms with van der Waals surface area (Å²) >= 11 is 0. The summed E-state index contributed by atoms with van der Waals surface area (Å²) < 4.78 is 0. The van der Waals surface area contributed by atoms with Crippen molar-refractivity contribution >= 4 is 11.9 Å². The van der Waals surface area contributed by atoms with Gasteiger partial charge in [0, 0.05) is 4.92 Å². The van der Waals surface area contributed by atoms with E-state index >= 15 is 0 Å². The zero-order valence-corrected chi connectivity index (χ0v) is 6.67. The van der Waals surface area contributed by atoms with E-state index in [2.05, 4.69) is 4.99 Å². The summed E-state index contributed by atoms with van der Waals surface area (Å²) in [6.07, 6.45) is -0.337. The van der Waals surface area contributed by atoms with Crippen LogP contribution in [0.1, 0.15) is 0 Å². The molecular weight excluding hydrogens is 194 g/mol. The Kier molecular flexibility index (Phi) is 2.59. The van der Waals surface area contributed by atoms with Crippen molar-refractivity contribution in [3.8, 4) is 6.19 Å². The molecule has 0 spiro atoms. The molecule has 0 radical (unpaired) electrons. The fourth-order valence-electron chi connectivity index (χ4n) is 0.882. The van der Waals surface area contributed by atoms with Gasteiger partial charge in [0.2, 0.25) is 12.2 Å². The van der Waals surface area contributed by atoms with Crippen LogP contribution in [-0.4, -0.2) is 34.2 Å². The van der Waals surface area contributed by atoms with Crippen LogP contribution in [0.2, 0.25) is 0 Å². The second kappa shape index (κ2) is 3.67. The zero-order valence-electron chi connectivity index (χ0n) is 6.67. The first kappa shape index (κ1) is 9.87. The molecule has 0 saturated carbocycles. The van der Waals surface area contributed by atoms with Crippen molar-refractivity contribution in [2.45, 2.75) is 12.3 Å². The highest BCUT2D eigenvalue weighted by Gasteiger charge is 2.41. The zero-order chi connectivity index (χ0) is 10.7. The standard InChI is InChI=1S/C5H5N5O4/c6-1-7-5-8-3(11)2(10(13)14)4(12)9-5/h2-3,11H,(H2,7,8,9,12)/t2-,3-/m1/s1. The van der Waals surface area contributed by atoms with Gasteiger partial charge in [-0.2, -0.15) is 5.26 Å². The van der Waals surface area contributed by atoms with Gasteiger partial charge in [0.15, 0.2) is 6.19 Å². The third kappa shape index (κ3) is 1.75. The molecule has 14 heavy (non-hydrogen) atoms. The van der Waals surface area contributed by atoms with Crippen LogP contribution in [0.3, 0.4) is 0 Å². The maximum Gasteiger partial charge on any atom is 0.335 e. The maximum absolute atomic E-state index is 11.0. The monoisotopic (exact) mass is 199 g/mol. The minimum atomic E-state index is -1.83. The fourth-order valence-corrected chi connectivity index (χ4v) is 0.882. The van der Waals surface area contributed by atoms with Crippen molar-refractivity contribution < 1.29 is 14.8 Å². The summed E-state index contributed by atoms with van der Waals surface area (Å²) in [6, 6.07) is -1.83. The number of guanidine groups is 1. The van der Waals surface area contributed by atoms with Crippen LogP contribution < -0.4 is 10.6 Å². The number of hydrogen-bond donors (Lipinski definition) is 3. The number of amides is 1. The van der Waals surface area contributed by atoms with Crippen LogP contribution in [0.15, 0.2) is 4.99 Å². The first-order chi connectivity index (χ1) is 6.56. The quantitative estimate of drug-likeness (QED) is 0.184. The normalized spacial score (nSPS) is 25.7. The summed E-state index contributed by atoms with van der Waals surface area (Å²) in [5, 5.41) is 31.4. The Hall–Kier alpha value is -2.21. The van der Waals surface area contributed by atoms with E-state index in [1.807, 2.05) is 10.6 Å². The first-order valence-electron chi connectivity index (χ1n) is 3.41. The molecule has 1 aliphatic rings. The lowest BCUT2D eigenvalue weighted by Gasteiger charge is -2.18. The average molecular weight is 199 g/mol. The molecule has 74 valence electrons. The van der Waals surface area contributed by atoms with E-state index in [0.717, 1.165) is 0 Å². The van der Waals surface area contributed by atoms with E-state index in [9.17, 15) is 14.9 Å². The molecule has 1 heterocycles. The molecule has 1 amide bonds. The second-order valence-electron chi connectivity index (χ2n) is 2.35. The number of nitriles is 1. The van der Waals surface area contributed by atoms with Gasteiger partial charge >= 0.3 is 11.9 Å². The number of nitrogens with zero attached hydrogens (tertiary/aromatic N) is 3. The lowest BCUT2D eigenvalue weighted by atomic mass is 10.2. The minimum Gasteiger partial charge on any atom is -0.366 e. The van der Waals surface area contributed by atoms with Gasteiger partial charge in [0.05, 0.1) is 0 Å². The number of hydrogen-bond acceptors (Lipinski definition) is 7. The Morgan fingerprint density at radius 3 is 2.86 bits per heavy atom. The topological polar surface area (TPSA) is 141 Å². The van der Waals surface area contributed by atoms with Crippen LogP contribution in [-0.2, 0) is 4.79 Å². The highest BCUT2D eigenvalue weighted by molar-refractivity contribution is 6.01. The number of nitrogens with one attached hydrogen (secondary N) is 2. The van der Waals surface area contributed by atoms with Crippen LogP contribution in [0.4, 0.5) is 0 Å². The van der Waals surface area contributed by atoms with Crippen molar-refractivity contribution in [3.63, 3.8) is 0 Å². The lowest BCUT2D eigenvalue weighted by Crippen LogP contribution is -2.55. The summed E-state index contributed by atoms with van der Waals surface area (Å²) in [7, 11) is 0. The molecule has 0 saturated heterocycles. The van der Waals surface area contributed by atoms with Gasteiger partial charge in [-0.25, -0.2) is 4.99 Å². The van der Waals surface area contributed by atoms with Gasteiger partial charge in [0.1, 0.15) is 0 Å². The van der Waals surface area contributed by atoms with E-state index < -0.39 is 23.1 Å². The number of aliphatic imine (C=N–C) groups is 1. The first-order valence-corrected chi connectivity index (χ1v) is 3.41. The van der Waals surface area contributed by atoms with Crippen molar-refractivity contribution in [3.05, 3.63) is 10.1 Å². The van der Waals surface area contributed by atoms with E-state index in [1.165, 1.54) is 6.19 Å². The van der Waals surface area contributed by atoms with Crippen LogP contribution in [0.25, 0.3) is 0 Å². The molecule has 0 aromatic heterocycles. The lowest BCUT2D eigenvalue weighted by molar-refractivity contribution is -0.519. The molecule has 0 fully saturated rings. The van der Waals surface area contributed by atoms with E-state index in [4.69, 9.17) is 10.4 Å². The van der Waals surface area contributed by atoms with E-state index in [1.54, 1.807) is 0 Å². The van der Waals surface area contributed by atoms with Crippen molar-refractivity contribution in [2.24, 2.45) is 4.99 Å². The predicted molar refractivity (Wildman–Crippen MR) is 41.1 cm³/mol. The number of carbonyl (C=O) groups is 1. The summed E-state index contributed by atoms with van der Waals surface area (Å²) in [5.41, 5.74) is 0. The molecule has 2 atom stereocenters. The minimum absolute atomic E-state index is 0.303. The number of aliphatic hydroxyl groups is 1. The van der Waals surface area contributed by atoms with Gasteiger partial charge < -0.3 is 5.11 Å². The molecule has 9 nitrogen and oxygen atoms in total. The number of carbonyl (C=O) groups excluding carboxylic acids is 1. The van der Waals surface area contributed by atoms with Gasteiger partial charge in [-0.05, 0) is 0 Å². The highest BCUT2D eigenvalue weighted by Crippen LogP contribution is 2.04. The highest BCUT2D eigenvalue weighted by atomic mass is 16.6. The molecule has 0 aromatic rings. The van der Waals surface area contributed by atoms with Gasteiger partial charge in [-0.1, -0.05) is 0 Å². The summed E-state index contributed by atoms with van der Waals surface area (Å²) in [5.74, 6) is -1.32. The van der Waals surface area contributed by atoms with Crippen LogP contribution >= 0.6 is 0 Å². The van der Waals surface area contributed by atoms with Gasteiger partial charge in [-0.15, -0.1) is 0 Å². The largest absolute Gasteiger partial charge is 0.366 e. The summed E-state index contributed by atoms with van der Waals surface area (Å²) in [4.78, 5) is 23.6. The molecule has 0 aliphatic carbocycles. The second-order valence-corrected chi connectivity index (χ2v) is 2.35. The SMILES string of the molecule is N#CNC1=N[C@H](O)[C@@H]([N+](=O)[O-])C(=O)N1.